The van der Waals surface area contributed by atoms with E-state index in [4.69, 9.17) is 5.73 Å². The van der Waals surface area contributed by atoms with Crippen molar-refractivity contribution in [2.24, 2.45) is 17.6 Å². The predicted octanol–water partition coefficient (Wildman–Crippen LogP) is 2.09. The Morgan fingerprint density at radius 1 is 1.35 bits per heavy atom. The fraction of sp³-hybridized carbons (Fsp3) is 0.667. The number of nitrogens with two attached hydrogens (primary N) is 1. The number of anilines is 1. The molecule has 1 saturated carbocycles. The minimum Gasteiger partial charge on any atom is -0.330 e. The third-order valence-electron chi connectivity index (χ3n) is 3.89. The highest BCUT2D eigenvalue weighted by molar-refractivity contribution is 5.92. The van der Waals surface area contributed by atoms with E-state index in [0.717, 1.165) is 25.1 Å². The molecule has 0 saturated heterocycles. The molecule has 5 nitrogen and oxygen atoms in total. The van der Waals surface area contributed by atoms with Crippen molar-refractivity contribution in [1.82, 2.24) is 9.97 Å². The van der Waals surface area contributed by atoms with Crippen LogP contribution in [0, 0.1) is 11.8 Å². The smallest absolute Gasteiger partial charge is 0.227 e. The molecule has 5 heteroatoms. The molecule has 0 bridgehead atoms. The van der Waals surface area contributed by atoms with E-state index in [-0.39, 0.29) is 17.2 Å². The van der Waals surface area contributed by atoms with Crippen molar-refractivity contribution in [2.45, 2.75) is 45.4 Å². The summed E-state index contributed by atoms with van der Waals surface area (Å²) < 4.78 is 0. The largest absolute Gasteiger partial charge is 0.330 e. The molecule has 0 spiro atoms. The van der Waals surface area contributed by atoms with Crippen LogP contribution in [0.5, 0.6) is 0 Å². The number of carbonyl (C=O) groups excluding carboxylic acids is 1. The summed E-state index contributed by atoms with van der Waals surface area (Å²) in [6.45, 7) is 6.76. The lowest BCUT2D eigenvalue weighted by Gasteiger charge is -2.18. The first-order valence-electron chi connectivity index (χ1n) is 7.25. The molecule has 1 amide bonds. The van der Waals surface area contributed by atoms with Crippen LogP contribution < -0.4 is 11.1 Å². The summed E-state index contributed by atoms with van der Waals surface area (Å²) in [5, 5.41) is 2.91. The SMILES string of the molecule is CC(C)(C)c1ncc(NC(=O)[C@@H]2CCC[C@@H]2CN)cn1. The van der Waals surface area contributed by atoms with Crippen LogP contribution in [0.15, 0.2) is 12.4 Å². The monoisotopic (exact) mass is 276 g/mol. The summed E-state index contributed by atoms with van der Waals surface area (Å²) >= 11 is 0. The van der Waals surface area contributed by atoms with Gasteiger partial charge in [0.05, 0.1) is 18.1 Å². The molecule has 1 aromatic rings. The molecule has 1 aliphatic rings. The van der Waals surface area contributed by atoms with Crippen LogP contribution in [-0.4, -0.2) is 22.4 Å². The van der Waals surface area contributed by atoms with E-state index in [1.807, 2.05) is 0 Å². The maximum absolute atomic E-state index is 12.2. The molecule has 2 atom stereocenters. The normalized spacial score (nSPS) is 22.8. The van der Waals surface area contributed by atoms with E-state index in [1.165, 1.54) is 0 Å². The van der Waals surface area contributed by atoms with Crippen molar-refractivity contribution >= 4 is 11.6 Å². The number of hydrogen-bond acceptors (Lipinski definition) is 4. The number of aromatic nitrogens is 2. The van der Waals surface area contributed by atoms with Gasteiger partial charge in [-0.25, -0.2) is 9.97 Å². The molecule has 0 aliphatic heterocycles. The fourth-order valence-corrected chi connectivity index (χ4v) is 2.68. The molecule has 1 fully saturated rings. The van der Waals surface area contributed by atoms with Crippen LogP contribution in [0.1, 0.15) is 45.9 Å². The standard InChI is InChI=1S/C15H24N4O/c1-15(2,3)14-17-8-11(9-18-14)19-13(20)12-6-4-5-10(12)7-16/h8-10,12H,4-7,16H2,1-3H3,(H,19,20)/t10-,12-/m1/s1. The molecular formula is C15H24N4O. The Labute approximate surface area is 120 Å². The van der Waals surface area contributed by atoms with Gasteiger partial charge in [0.2, 0.25) is 5.91 Å². The second kappa shape index (κ2) is 5.87. The number of hydrogen-bond donors (Lipinski definition) is 2. The summed E-state index contributed by atoms with van der Waals surface area (Å²) in [5.74, 6) is 1.16. The van der Waals surface area contributed by atoms with Crippen LogP contribution in [0.4, 0.5) is 5.69 Å². The van der Waals surface area contributed by atoms with Gasteiger partial charge < -0.3 is 11.1 Å². The van der Waals surface area contributed by atoms with Gasteiger partial charge in [0, 0.05) is 11.3 Å². The number of rotatable bonds is 3. The second-order valence-corrected chi connectivity index (χ2v) is 6.57. The third kappa shape index (κ3) is 3.33. The van der Waals surface area contributed by atoms with Crippen LogP contribution in [0.2, 0.25) is 0 Å². The van der Waals surface area contributed by atoms with E-state index >= 15 is 0 Å². The molecule has 0 radical (unpaired) electrons. The maximum Gasteiger partial charge on any atom is 0.227 e. The lowest BCUT2D eigenvalue weighted by atomic mass is 9.95. The summed E-state index contributed by atoms with van der Waals surface area (Å²) in [7, 11) is 0. The van der Waals surface area contributed by atoms with Gasteiger partial charge in [-0.3, -0.25) is 4.79 Å². The zero-order chi connectivity index (χ0) is 14.8. The van der Waals surface area contributed by atoms with Crippen molar-refractivity contribution in [3.63, 3.8) is 0 Å². The number of carbonyl (C=O) groups is 1. The Morgan fingerprint density at radius 3 is 2.55 bits per heavy atom. The highest BCUT2D eigenvalue weighted by Gasteiger charge is 2.32. The Kier molecular flexibility index (Phi) is 4.38. The molecule has 110 valence electrons. The van der Waals surface area contributed by atoms with Crippen molar-refractivity contribution in [2.75, 3.05) is 11.9 Å². The number of nitrogens with one attached hydrogen (secondary N) is 1. The fourth-order valence-electron chi connectivity index (χ4n) is 2.68. The van der Waals surface area contributed by atoms with E-state index in [0.29, 0.717) is 18.2 Å². The van der Waals surface area contributed by atoms with Crippen molar-refractivity contribution in [3.05, 3.63) is 18.2 Å². The van der Waals surface area contributed by atoms with Gasteiger partial charge in [-0.05, 0) is 25.3 Å². The van der Waals surface area contributed by atoms with E-state index in [9.17, 15) is 4.79 Å². The Morgan fingerprint density at radius 2 is 2.00 bits per heavy atom. The lowest BCUT2D eigenvalue weighted by Crippen LogP contribution is -2.30. The molecule has 1 aliphatic carbocycles. The van der Waals surface area contributed by atoms with Gasteiger partial charge in [0.1, 0.15) is 5.82 Å². The predicted molar refractivity (Wildman–Crippen MR) is 79.2 cm³/mol. The minimum absolute atomic E-state index is 0.0299. The van der Waals surface area contributed by atoms with E-state index < -0.39 is 0 Å². The highest BCUT2D eigenvalue weighted by Crippen LogP contribution is 2.31. The molecule has 3 N–H and O–H groups in total. The second-order valence-electron chi connectivity index (χ2n) is 6.57. The molecular weight excluding hydrogens is 252 g/mol. The minimum atomic E-state index is -0.0847. The maximum atomic E-state index is 12.2. The van der Waals surface area contributed by atoms with Crippen LogP contribution in [0.25, 0.3) is 0 Å². The number of amides is 1. The molecule has 20 heavy (non-hydrogen) atoms. The van der Waals surface area contributed by atoms with E-state index in [1.54, 1.807) is 12.4 Å². The lowest BCUT2D eigenvalue weighted by molar-refractivity contribution is -0.120. The van der Waals surface area contributed by atoms with Gasteiger partial charge in [0.25, 0.3) is 0 Å². The topological polar surface area (TPSA) is 80.9 Å². The highest BCUT2D eigenvalue weighted by atomic mass is 16.1. The Balaban J connectivity index is 2.01. The van der Waals surface area contributed by atoms with Gasteiger partial charge in [-0.1, -0.05) is 27.2 Å². The Hall–Kier alpha value is -1.49. The number of nitrogens with zero attached hydrogens (tertiary/aromatic N) is 2. The first-order valence-corrected chi connectivity index (χ1v) is 7.25. The van der Waals surface area contributed by atoms with Gasteiger partial charge >= 0.3 is 0 Å². The average Bonchev–Trinajstić information content (AvgIpc) is 2.86. The molecule has 0 aromatic carbocycles. The molecule has 1 heterocycles. The molecule has 1 aromatic heterocycles. The first kappa shape index (κ1) is 14.9. The summed E-state index contributed by atoms with van der Waals surface area (Å²) in [6.07, 6.45) is 6.41. The molecule has 0 unspecified atom stereocenters. The van der Waals surface area contributed by atoms with Crippen molar-refractivity contribution in [1.29, 1.82) is 0 Å². The van der Waals surface area contributed by atoms with E-state index in [2.05, 4.69) is 36.1 Å². The summed E-state index contributed by atoms with van der Waals surface area (Å²) in [6, 6.07) is 0. The molecule has 2 rings (SSSR count). The quantitative estimate of drug-likeness (QED) is 0.885. The first-order chi connectivity index (χ1) is 9.41. The van der Waals surface area contributed by atoms with Gasteiger partial charge in [-0.15, -0.1) is 0 Å². The average molecular weight is 276 g/mol. The van der Waals surface area contributed by atoms with Gasteiger partial charge in [0.15, 0.2) is 0 Å². The van der Waals surface area contributed by atoms with Crippen LogP contribution >= 0.6 is 0 Å². The Bertz CT molecular complexity index is 464. The summed E-state index contributed by atoms with van der Waals surface area (Å²) in [5.41, 5.74) is 6.29. The van der Waals surface area contributed by atoms with Gasteiger partial charge in [-0.2, -0.15) is 0 Å². The third-order valence-corrected chi connectivity index (χ3v) is 3.89. The zero-order valence-electron chi connectivity index (χ0n) is 12.5. The van der Waals surface area contributed by atoms with Crippen molar-refractivity contribution in [3.8, 4) is 0 Å². The zero-order valence-corrected chi connectivity index (χ0v) is 12.5. The van der Waals surface area contributed by atoms with Crippen molar-refractivity contribution < 1.29 is 4.79 Å². The van der Waals surface area contributed by atoms with Crippen LogP contribution in [0.3, 0.4) is 0 Å². The van der Waals surface area contributed by atoms with Crippen LogP contribution in [-0.2, 0) is 10.2 Å². The summed E-state index contributed by atoms with van der Waals surface area (Å²) in [4.78, 5) is 20.9.